The molecule has 0 spiro atoms. The summed E-state index contributed by atoms with van der Waals surface area (Å²) >= 11 is 0. The van der Waals surface area contributed by atoms with Gasteiger partial charge in [-0.25, -0.2) is 19.2 Å². The molecule has 1 aromatic carbocycles. The summed E-state index contributed by atoms with van der Waals surface area (Å²) < 4.78 is 31.4. The van der Waals surface area contributed by atoms with E-state index in [1.54, 1.807) is 0 Å². The number of methoxy groups -OCH3 is 1. The average Bonchev–Trinajstić information content (AvgIpc) is 2.58. The molecule has 0 aliphatic rings. The number of hydrogen-bond donors (Lipinski definition) is 0. The summed E-state index contributed by atoms with van der Waals surface area (Å²) in [5.41, 5.74) is 0.190. The number of pyridine rings is 1. The van der Waals surface area contributed by atoms with Gasteiger partial charge in [0.25, 0.3) is 5.91 Å². The maximum absolute atomic E-state index is 13.9. The molecule has 0 fully saturated rings. The first kappa shape index (κ1) is 17.2. The third-order valence-corrected chi connectivity index (χ3v) is 3.06. The Kier molecular flexibility index (Phi) is 5.31. The highest BCUT2D eigenvalue weighted by Crippen LogP contribution is 2.10. The quantitative estimate of drug-likeness (QED) is 0.372. The highest BCUT2D eigenvalue weighted by molar-refractivity contribution is 5.95. The van der Waals surface area contributed by atoms with Gasteiger partial charge in [-0.05, 0) is 24.3 Å². The molecule has 0 bridgehead atoms. The van der Waals surface area contributed by atoms with Gasteiger partial charge in [-0.3, -0.25) is 4.79 Å². The van der Waals surface area contributed by atoms with Crippen molar-refractivity contribution < 1.29 is 23.1 Å². The molecule has 1 amide bonds. The summed E-state index contributed by atoms with van der Waals surface area (Å²) in [6.45, 7) is 0. The third kappa shape index (κ3) is 3.97. The van der Waals surface area contributed by atoms with Crippen LogP contribution in [0.3, 0.4) is 0 Å². The predicted molar refractivity (Wildman–Crippen MR) is 81.6 cm³/mol. The lowest BCUT2D eigenvalue weighted by molar-refractivity contribution is 0.0600. The first-order chi connectivity index (χ1) is 11.4. The minimum absolute atomic E-state index is 0.0589. The fourth-order valence-electron chi connectivity index (χ4n) is 1.80. The maximum atomic E-state index is 13.9. The van der Waals surface area contributed by atoms with E-state index in [0.717, 1.165) is 29.6 Å². The van der Waals surface area contributed by atoms with Crippen LogP contribution in [0.2, 0.25) is 0 Å². The number of carbonyl (C=O) groups is 2. The van der Waals surface area contributed by atoms with E-state index < -0.39 is 23.6 Å². The summed E-state index contributed by atoms with van der Waals surface area (Å²) in [7, 11) is 2.54. The minimum Gasteiger partial charge on any atom is -0.465 e. The number of aromatic nitrogens is 1. The third-order valence-electron chi connectivity index (χ3n) is 3.06. The van der Waals surface area contributed by atoms with Crippen molar-refractivity contribution in [2.75, 3.05) is 14.2 Å². The van der Waals surface area contributed by atoms with Gasteiger partial charge in [0, 0.05) is 30.4 Å². The van der Waals surface area contributed by atoms with Gasteiger partial charge in [0.2, 0.25) is 5.95 Å². The van der Waals surface area contributed by atoms with Crippen molar-refractivity contribution in [2.45, 2.75) is 0 Å². The second-order valence-electron chi connectivity index (χ2n) is 4.67. The number of nitrogens with zero attached hydrogens (tertiary/aromatic N) is 3. The molecule has 0 unspecified atom stereocenters. The number of ether oxygens (including phenoxy) is 1. The van der Waals surface area contributed by atoms with Gasteiger partial charge in [-0.2, -0.15) is 9.49 Å². The van der Waals surface area contributed by atoms with Crippen molar-refractivity contribution in [1.29, 1.82) is 0 Å². The number of halogens is 2. The molecule has 1 heterocycles. The van der Waals surface area contributed by atoms with Crippen LogP contribution in [0.15, 0.2) is 41.6 Å². The topological polar surface area (TPSA) is 71.9 Å². The molecule has 0 saturated carbocycles. The molecule has 6 nitrogen and oxygen atoms in total. The van der Waals surface area contributed by atoms with Gasteiger partial charge < -0.3 is 4.74 Å². The van der Waals surface area contributed by atoms with Gasteiger partial charge in [0.1, 0.15) is 5.82 Å². The van der Waals surface area contributed by atoms with E-state index >= 15 is 0 Å². The van der Waals surface area contributed by atoms with Crippen LogP contribution >= 0.6 is 0 Å². The second-order valence-corrected chi connectivity index (χ2v) is 4.67. The molecule has 8 heteroatoms. The van der Waals surface area contributed by atoms with Crippen LogP contribution < -0.4 is 0 Å². The van der Waals surface area contributed by atoms with E-state index in [4.69, 9.17) is 0 Å². The van der Waals surface area contributed by atoms with Crippen molar-refractivity contribution in [3.8, 4) is 0 Å². The normalized spacial score (nSPS) is 10.7. The Morgan fingerprint density at radius 2 is 1.96 bits per heavy atom. The van der Waals surface area contributed by atoms with Crippen LogP contribution in [0.25, 0.3) is 0 Å². The van der Waals surface area contributed by atoms with Crippen LogP contribution in [-0.2, 0) is 4.74 Å². The molecule has 0 radical (unpaired) electrons. The number of hydrogen-bond acceptors (Lipinski definition) is 5. The monoisotopic (exact) mass is 333 g/mol. The first-order valence-electron chi connectivity index (χ1n) is 6.74. The summed E-state index contributed by atoms with van der Waals surface area (Å²) in [5, 5.41) is 4.75. The molecular formula is C16H13F2N3O3. The van der Waals surface area contributed by atoms with E-state index in [1.165, 1.54) is 32.4 Å². The zero-order valence-corrected chi connectivity index (χ0v) is 12.9. The highest BCUT2D eigenvalue weighted by atomic mass is 19.1. The van der Waals surface area contributed by atoms with Crippen molar-refractivity contribution in [1.82, 2.24) is 9.99 Å². The predicted octanol–water partition coefficient (Wildman–Crippen LogP) is 2.25. The highest BCUT2D eigenvalue weighted by Gasteiger charge is 2.12. The Morgan fingerprint density at radius 1 is 1.21 bits per heavy atom. The summed E-state index contributed by atoms with van der Waals surface area (Å²) in [6, 6.07) is 6.02. The number of hydrazone groups is 1. The smallest absolute Gasteiger partial charge is 0.337 e. The molecule has 1 aromatic heterocycles. The Bertz CT molecular complexity index is 809. The average molecular weight is 333 g/mol. The molecular weight excluding hydrogens is 320 g/mol. The molecule has 0 atom stereocenters. The zero-order valence-electron chi connectivity index (χ0n) is 12.9. The molecule has 24 heavy (non-hydrogen) atoms. The number of carbonyl (C=O) groups excluding carboxylic acids is 2. The molecule has 0 saturated heterocycles. The van der Waals surface area contributed by atoms with Crippen molar-refractivity contribution in [2.24, 2.45) is 5.10 Å². The minimum atomic E-state index is -0.789. The Balaban J connectivity index is 2.15. The van der Waals surface area contributed by atoms with Crippen LogP contribution in [0.5, 0.6) is 0 Å². The largest absolute Gasteiger partial charge is 0.465 e. The van der Waals surface area contributed by atoms with Gasteiger partial charge in [-0.1, -0.05) is 0 Å². The first-order valence-corrected chi connectivity index (χ1v) is 6.74. The number of amides is 1. The lowest BCUT2D eigenvalue weighted by atomic mass is 10.1. The molecule has 124 valence electrons. The number of rotatable bonds is 4. The molecule has 2 aromatic rings. The second kappa shape index (κ2) is 7.40. The Hall–Kier alpha value is -3.16. The van der Waals surface area contributed by atoms with E-state index in [1.807, 2.05) is 0 Å². The van der Waals surface area contributed by atoms with E-state index in [2.05, 4.69) is 14.8 Å². The standard InChI is InChI=1S/C16H13F2N3O3/c1-21(15(22)10-5-6-19-14(18)8-10)20-9-12-4-3-11(7-13(12)17)16(23)24-2/h3-9H,1-2H3/b20-9+. The lowest BCUT2D eigenvalue weighted by Crippen LogP contribution is -2.21. The summed E-state index contributed by atoms with van der Waals surface area (Å²) in [4.78, 5) is 26.7. The number of benzene rings is 1. The molecule has 0 aliphatic carbocycles. The molecule has 0 N–H and O–H groups in total. The molecule has 0 aliphatic heterocycles. The van der Waals surface area contributed by atoms with Gasteiger partial charge in [-0.15, -0.1) is 0 Å². The van der Waals surface area contributed by atoms with Crippen LogP contribution in [0, 0.1) is 11.8 Å². The van der Waals surface area contributed by atoms with Crippen LogP contribution in [0.1, 0.15) is 26.3 Å². The van der Waals surface area contributed by atoms with Crippen molar-refractivity contribution in [3.05, 3.63) is 65.0 Å². The Morgan fingerprint density at radius 3 is 2.58 bits per heavy atom. The SMILES string of the molecule is COC(=O)c1ccc(/C=N/N(C)C(=O)c2ccnc(F)c2)c(F)c1. The Labute approximate surface area is 136 Å². The van der Waals surface area contributed by atoms with Crippen molar-refractivity contribution >= 4 is 18.1 Å². The van der Waals surface area contributed by atoms with Crippen molar-refractivity contribution in [3.63, 3.8) is 0 Å². The van der Waals surface area contributed by atoms with Crippen LogP contribution in [-0.4, -0.2) is 42.2 Å². The van der Waals surface area contributed by atoms with E-state index in [9.17, 15) is 18.4 Å². The maximum Gasteiger partial charge on any atom is 0.337 e. The fraction of sp³-hybridized carbons (Fsp3) is 0.125. The lowest BCUT2D eigenvalue weighted by Gasteiger charge is -2.10. The fourth-order valence-corrected chi connectivity index (χ4v) is 1.80. The van der Waals surface area contributed by atoms with Gasteiger partial charge >= 0.3 is 5.97 Å². The zero-order chi connectivity index (χ0) is 17.7. The molecule has 2 rings (SSSR count). The van der Waals surface area contributed by atoms with Gasteiger partial charge in [0.05, 0.1) is 18.9 Å². The van der Waals surface area contributed by atoms with E-state index in [-0.39, 0.29) is 16.7 Å². The summed E-state index contributed by atoms with van der Waals surface area (Å²) in [5.74, 6) is -2.73. The van der Waals surface area contributed by atoms with Gasteiger partial charge in [0.15, 0.2) is 0 Å². The summed E-state index contributed by atoms with van der Waals surface area (Å²) in [6.07, 6.45) is 2.27. The number of esters is 1. The van der Waals surface area contributed by atoms with Crippen LogP contribution in [0.4, 0.5) is 8.78 Å². The van der Waals surface area contributed by atoms with E-state index in [0.29, 0.717) is 0 Å².